The van der Waals surface area contributed by atoms with Crippen LogP contribution in [-0.4, -0.2) is 22.0 Å². The minimum absolute atomic E-state index is 0.0546. The van der Waals surface area contributed by atoms with Crippen molar-refractivity contribution in [2.24, 2.45) is 0 Å². The zero-order valence-electron chi connectivity index (χ0n) is 9.73. The highest BCUT2D eigenvalue weighted by atomic mass is 32.1. The van der Waals surface area contributed by atoms with Crippen molar-refractivity contribution in [3.63, 3.8) is 0 Å². The Kier molecular flexibility index (Phi) is 5.62. The highest BCUT2D eigenvalue weighted by Gasteiger charge is 2.04. The zero-order valence-corrected chi connectivity index (χ0v) is 10.5. The normalized spacial score (nSPS) is 10.2. The molecule has 0 saturated heterocycles. The van der Waals surface area contributed by atoms with Crippen LogP contribution in [0, 0.1) is 6.92 Å². The highest BCUT2D eigenvalue weighted by molar-refractivity contribution is 7.09. The Hall–Kier alpha value is -1.43. The summed E-state index contributed by atoms with van der Waals surface area (Å²) in [4.78, 5) is 25.9. The molecule has 1 heterocycles. The molecular formula is C11H16N2O3S. The van der Waals surface area contributed by atoms with Gasteiger partial charge in [0.1, 0.15) is 0 Å². The van der Waals surface area contributed by atoms with Crippen LogP contribution < -0.4 is 5.32 Å². The monoisotopic (exact) mass is 256 g/mol. The van der Waals surface area contributed by atoms with Crippen molar-refractivity contribution in [3.8, 4) is 0 Å². The summed E-state index contributed by atoms with van der Waals surface area (Å²) in [6.45, 7) is 2.37. The molecule has 1 aromatic rings. The van der Waals surface area contributed by atoms with Crippen molar-refractivity contribution in [1.82, 2.24) is 10.3 Å². The summed E-state index contributed by atoms with van der Waals surface area (Å²) in [5, 5.41) is 14.1. The Balaban J connectivity index is 2.11. The summed E-state index contributed by atoms with van der Waals surface area (Å²) in [5.41, 5.74) is 0.867. The van der Waals surface area contributed by atoms with E-state index in [2.05, 4.69) is 10.3 Å². The van der Waals surface area contributed by atoms with E-state index in [4.69, 9.17) is 5.11 Å². The zero-order chi connectivity index (χ0) is 12.7. The first-order valence-electron chi connectivity index (χ1n) is 5.47. The van der Waals surface area contributed by atoms with Crippen molar-refractivity contribution in [2.75, 3.05) is 0 Å². The summed E-state index contributed by atoms with van der Waals surface area (Å²) >= 11 is 1.55. The lowest BCUT2D eigenvalue weighted by atomic mass is 10.2. The van der Waals surface area contributed by atoms with Crippen LogP contribution in [0.1, 0.15) is 36.4 Å². The number of aliphatic carboxylic acids is 1. The molecule has 2 N–H and O–H groups in total. The average Bonchev–Trinajstić information content (AvgIpc) is 2.67. The van der Waals surface area contributed by atoms with Gasteiger partial charge in [-0.15, -0.1) is 11.3 Å². The van der Waals surface area contributed by atoms with Crippen LogP contribution in [0.25, 0.3) is 0 Å². The number of amides is 1. The van der Waals surface area contributed by atoms with Crippen molar-refractivity contribution >= 4 is 23.2 Å². The van der Waals surface area contributed by atoms with Crippen molar-refractivity contribution in [1.29, 1.82) is 0 Å². The number of nitrogens with zero attached hydrogens (tertiary/aromatic N) is 1. The second-order valence-corrected chi connectivity index (χ2v) is 4.80. The molecular weight excluding hydrogens is 240 g/mol. The molecule has 0 aliphatic carbocycles. The lowest BCUT2D eigenvalue weighted by Crippen LogP contribution is -2.22. The summed E-state index contributed by atoms with van der Waals surface area (Å²) in [7, 11) is 0. The van der Waals surface area contributed by atoms with E-state index in [9.17, 15) is 9.59 Å². The summed E-state index contributed by atoms with van der Waals surface area (Å²) < 4.78 is 0. The third kappa shape index (κ3) is 6.01. The van der Waals surface area contributed by atoms with Gasteiger partial charge in [0, 0.05) is 18.2 Å². The number of carboxylic acid groups (broad SMARTS) is 1. The van der Waals surface area contributed by atoms with Crippen molar-refractivity contribution < 1.29 is 14.7 Å². The van der Waals surface area contributed by atoms with E-state index in [0.717, 1.165) is 10.7 Å². The molecule has 1 amide bonds. The minimum atomic E-state index is -0.816. The van der Waals surface area contributed by atoms with E-state index in [0.29, 0.717) is 25.8 Å². The van der Waals surface area contributed by atoms with Gasteiger partial charge < -0.3 is 10.4 Å². The topological polar surface area (TPSA) is 79.3 Å². The Bertz CT molecular complexity index is 390. The Morgan fingerprint density at radius 2 is 2.12 bits per heavy atom. The molecule has 0 aromatic carbocycles. The number of hydrogen-bond donors (Lipinski definition) is 2. The van der Waals surface area contributed by atoms with Crippen LogP contribution in [0.4, 0.5) is 0 Å². The second kappa shape index (κ2) is 7.01. The molecule has 0 bridgehead atoms. The number of carbonyl (C=O) groups is 2. The molecule has 0 fully saturated rings. The third-order valence-corrected chi connectivity index (χ3v) is 3.00. The van der Waals surface area contributed by atoms with E-state index in [-0.39, 0.29) is 12.3 Å². The van der Waals surface area contributed by atoms with E-state index in [1.54, 1.807) is 11.3 Å². The molecule has 6 heteroatoms. The second-order valence-electron chi connectivity index (χ2n) is 3.74. The first-order chi connectivity index (χ1) is 8.08. The molecule has 5 nitrogen and oxygen atoms in total. The smallest absolute Gasteiger partial charge is 0.303 e. The molecule has 94 valence electrons. The fourth-order valence-electron chi connectivity index (χ4n) is 1.33. The number of unbranched alkanes of at least 4 members (excludes halogenated alkanes) is 1. The highest BCUT2D eigenvalue weighted by Crippen LogP contribution is 2.07. The Morgan fingerprint density at radius 3 is 2.71 bits per heavy atom. The summed E-state index contributed by atoms with van der Waals surface area (Å²) in [6.07, 6.45) is 1.64. The van der Waals surface area contributed by atoms with Crippen LogP contribution in [0.5, 0.6) is 0 Å². The van der Waals surface area contributed by atoms with E-state index in [1.807, 2.05) is 12.3 Å². The van der Waals surface area contributed by atoms with Gasteiger partial charge in [0.05, 0.1) is 17.2 Å². The quantitative estimate of drug-likeness (QED) is 0.728. The fraction of sp³-hybridized carbons (Fsp3) is 0.545. The molecule has 1 aromatic heterocycles. The van der Waals surface area contributed by atoms with Gasteiger partial charge in [-0.1, -0.05) is 0 Å². The maximum Gasteiger partial charge on any atom is 0.303 e. The third-order valence-electron chi connectivity index (χ3n) is 2.18. The van der Waals surface area contributed by atoms with Gasteiger partial charge in [0.15, 0.2) is 0 Å². The number of rotatable bonds is 7. The van der Waals surface area contributed by atoms with Crippen molar-refractivity contribution in [2.45, 2.75) is 39.2 Å². The van der Waals surface area contributed by atoms with Crippen LogP contribution in [0.3, 0.4) is 0 Å². The molecule has 0 unspecified atom stereocenters. The molecule has 0 saturated carbocycles. The maximum atomic E-state index is 11.4. The lowest BCUT2D eigenvalue weighted by molar-refractivity contribution is -0.137. The van der Waals surface area contributed by atoms with Gasteiger partial charge in [-0.2, -0.15) is 0 Å². The molecule has 0 atom stereocenters. The molecule has 0 radical (unpaired) electrons. The van der Waals surface area contributed by atoms with Crippen LogP contribution in [0.15, 0.2) is 5.38 Å². The van der Waals surface area contributed by atoms with Gasteiger partial charge in [0.2, 0.25) is 5.91 Å². The summed E-state index contributed by atoms with van der Waals surface area (Å²) in [5.74, 6) is -0.871. The van der Waals surface area contributed by atoms with Gasteiger partial charge >= 0.3 is 5.97 Å². The Morgan fingerprint density at radius 1 is 1.41 bits per heavy atom. The van der Waals surface area contributed by atoms with E-state index < -0.39 is 5.97 Å². The van der Waals surface area contributed by atoms with Crippen LogP contribution in [0.2, 0.25) is 0 Å². The molecule has 0 spiro atoms. The van der Waals surface area contributed by atoms with E-state index in [1.165, 1.54) is 0 Å². The summed E-state index contributed by atoms with van der Waals surface area (Å²) in [6, 6.07) is 0. The largest absolute Gasteiger partial charge is 0.481 e. The van der Waals surface area contributed by atoms with Crippen molar-refractivity contribution in [3.05, 3.63) is 16.1 Å². The standard InChI is InChI=1S/C11H16N2O3S/c1-8-13-9(7-17-8)6-12-10(14)4-2-3-5-11(15)16/h7H,2-6H2,1H3,(H,12,14)(H,15,16). The van der Waals surface area contributed by atoms with Gasteiger partial charge in [-0.25, -0.2) is 4.98 Å². The molecule has 1 rings (SSSR count). The maximum absolute atomic E-state index is 11.4. The number of hydrogen-bond acceptors (Lipinski definition) is 4. The van der Waals surface area contributed by atoms with E-state index >= 15 is 0 Å². The minimum Gasteiger partial charge on any atom is -0.481 e. The predicted octanol–water partition coefficient (Wildman–Crippen LogP) is 1.71. The Labute approximate surface area is 104 Å². The van der Waals surface area contributed by atoms with Gasteiger partial charge in [-0.3, -0.25) is 9.59 Å². The fourth-order valence-corrected chi connectivity index (χ4v) is 1.94. The lowest BCUT2D eigenvalue weighted by Gasteiger charge is -2.02. The van der Waals surface area contributed by atoms with Gasteiger partial charge in [0.25, 0.3) is 0 Å². The number of carboxylic acids is 1. The SMILES string of the molecule is Cc1nc(CNC(=O)CCCCC(=O)O)cs1. The number of nitrogens with one attached hydrogen (secondary N) is 1. The van der Waals surface area contributed by atoms with Gasteiger partial charge in [-0.05, 0) is 19.8 Å². The number of thiazole rings is 1. The molecule has 17 heavy (non-hydrogen) atoms. The van der Waals surface area contributed by atoms with Crippen LogP contribution >= 0.6 is 11.3 Å². The number of aryl methyl sites for hydroxylation is 1. The number of carbonyl (C=O) groups excluding carboxylic acids is 1. The molecule has 0 aliphatic heterocycles. The average molecular weight is 256 g/mol. The number of aromatic nitrogens is 1. The van der Waals surface area contributed by atoms with Crippen LogP contribution in [-0.2, 0) is 16.1 Å². The molecule has 0 aliphatic rings. The first-order valence-corrected chi connectivity index (χ1v) is 6.35. The first kappa shape index (κ1) is 13.6. The predicted molar refractivity (Wildman–Crippen MR) is 64.8 cm³/mol.